The Morgan fingerprint density at radius 3 is 2.73 bits per heavy atom. The van der Waals surface area contributed by atoms with E-state index in [0.717, 1.165) is 12.8 Å². The van der Waals surface area contributed by atoms with Gasteiger partial charge in [0, 0.05) is 19.0 Å². The topological polar surface area (TPSA) is 47.6 Å². The molecule has 1 unspecified atom stereocenters. The summed E-state index contributed by atoms with van der Waals surface area (Å²) in [6, 6.07) is 0.154. The van der Waals surface area contributed by atoms with Crippen molar-refractivity contribution in [2.45, 2.75) is 25.8 Å². The molecule has 1 atom stereocenters. The Labute approximate surface area is 96.3 Å². The normalized spacial score (nSPS) is 12.5. The van der Waals surface area contributed by atoms with Crippen molar-refractivity contribution in [3.8, 4) is 0 Å². The van der Waals surface area contributed by atoms with Crippen molar-refractivity contribution in [2.75, 3.05) is 32.8 Å². The van der Waals surface area contributed by atoms with Gasteiger partial charge in [0.15, 0.2) is 0 Å². The molecule has 5 heteroatoms. The molecule has 0 spiro atoms. The van der Waals surface area contributed by atoms with Crippen LogP contribution >= 0.6 is 11.6 Å². The van der Waals surface area contributed by atoms with Gasteiger partial charge in [0.2, 0.25) is 5.91 Å². The first-order valence-corrected chi connectivity index (χ1v) is 5.70. The highest BCUT2D eigenvalue weighted by molar-refractivity contribution is 6.17. The molecule has 0 fully saturated rings. The summed E-state index contributed by atoms with van der Waals surface area (Å²) in [5.74, 6) is 0.464. The van der Waals surface area contributed by atoms with Crippen molar-refractivity contribution in [1.29, 1.82) is 0 Å². The SMILES string of the molecule is CCC(CCCl)NC(=O)COCCOC. The van der Waals surface area contributed by atoms with Crippen molar-refractivity contribution < 1.29 is 14.3 Å². The first-order chi connectivity index (χ1) is 7.24. The van der Waals surface area contributed by atoms with Gasteiger partial charge in [0.05, 0.1) is 13.2 Å². The van der Waals surface area contributed by atoms with E-state index in [2.05, 4.69) is 5.32 Å². The van der Waals surface area contributed by atoms with E-state index in [1.165, 1.54) is 0 Å². The van der Waals surface area contributed by atoms with E-state index in [1.807, 2.05) is 6.92 Å². The van der Waals surface area contributed by atoms with Gasteiger partial charge in [-0.1, -0.05) is 6.92 Å². The lowest BCUT2D eigenvalue weighted by Gasteiger charge is -2.15. The van der Waals surface area contributed by atoms with Crippen molar-refractivity contribution in [2.24, 2.45) is 0 Å². The van der Waals surface area contributed by atoms with Gasteiger partial charge in [0.1, 0.15) is 6.61 Å². The second-order valence-electron chi connectivity index (χ2n) is 3.20. The number of ether oxygens (including phenoxy) is 2. The Hall–Kier alpha value is -0.320. The van der Waals surface area contributed by atoms with Crippen LogP contribution in [-0.4, -0.2) is 44.8 Å². The molecule has 0 rings (SSSR count). The van der Waals surface area contributed by atoms with E-state index >= 15 is 0 Å². The van der Waals surface area contributed by atoms with E-state index in [0.29, 0.717) is 19.1 Å². The summed E-state index contributed by atoms with van der Waals surface area (Å²) in [5.41, 5.74) is 0. The lowest BCUT2D eigenvalue weighted by atomic mass is 10.2. The second kappa shape index (κ2) is 10.2. The molecule has 1 N–H and O–H groups in total. The summed E-state index contributed by atoms with van der Waals surface area (Å²) in [4.78, 5) is 11.3. The Kier molecular flexibility index (Phi) is 9.99. The van der Waals surface area contributed by atoms with Gasteiger partial charge in [-0.3, -0.25) is 4.79 Å². The second-order valence-corrected chi connectivity index (χ2v) is 3.57. The van der Waals surface area contributed by atoms with Crippen LogP contribution in [0.25, 0.3) is 0 Å². The summed E-state index contributed by atoms with van der Waals surface area (Å²) < 4.78 is 9.88. The van der Waals surface area contributed by atoms with Crippen LogP contribution in [0.4, 0.5) is 0 Å². The molecule has 90 valence electrons. The average molecular weight is 238 g/mol. The fraction of sp³-hybridized carbons (Fsp3) is 0.900. The van der Waals surface area contributed by atoms with Gasteiger partial charge in [-0.25, -0.2) is 0 Å². The molecule has 0 saturated heterocycles. The minimum atomic E-state index is -0.0944. The van der Waals surface area contributed by atoms with E-state index in [-0.39, 0.29) is 18.6 Å². The van der Waals surface area contributed by atoms with Crippen LogP contribution in [0.3, 0.4) is 0 Å². The van der Waals surface area contributed by atoms with Crippen LogP contribution in [0, 0.1) is 0 Å². The van der Waals surface area contributed by atoms with Crippen LogP contribution in [-0.2, 0) is 14.3 Å². The summed E-state index contributed by atoms with van der Waals surface area (Å²) >= 11 is 5.60. The van der Waals surface area contributed by atoms with E-state index < -0.39 is 0 Å². The highest BCUT2D eigenvalue weighted by atomic mass is 35.5. The molecule has 0 radical (unpaired) electrons. The zero-order valence-electron chi connectivity index (χ0n) is 9.42. The Balaban J connectivity index is 3.52. The lowest BCUT2D eigenvalue weighted by Crippen LogP contribution is -2.37. The minimum Gasteiger partial charge on any atom is -0.382 e. The third kappa shape index (κ3) is 8.66. The number of nitrogens with one attached hydrogen (secondary N) is 1. The Bertz CT molecular complexity index is 167. The number of halogens is 1. The predicted molar refractivity (Wildman–Crippen MR) is 60.3 cm³/mol. The third-order valence-electron chi connectivity index (χ3n) is 1.98. The standard InChI is InChI=1S/C10H20ClNO3/c1-3-9(4-5-11)12-10(13)8-15-7-6-14-2/h9H,3-8H2,1-2H3,(H,12,13). The third-order valence-corrected chi connectivity index (χ3v) is 2.20. The smallest absolute Gasteiger partial charge is 0.246 e. The van der Waals surface area contributed by atoms with Gasteiger partial charge >= 0.3 is 0 Å². The molecular formula is C10H20ClNO3. The average Bonchev–Trinajstić information content (AvgIpc) is 2.24. The molecule has 0 aliphatic rings. The maximum atomic E-state index is 11.3. The number of rotatable bonds is 9. The number of methoxy groups -OCH3 is 1. The molecule has 0 saturated carbocycles. The van der Waals surface area contributed by atoms with Crippen molar-refractivity contribution >= 4 is 17.5 Å². The molecule has 0 aliphatic heterocycles. The maximum absolute atomic E-state index is 11.3. The molecule has 4 nitrogen and oxygen atoms in total. The summed E-state index contributed by atoms with van der Waals surface area (Å²) in [7, 11) is 1.59. The van der Waals surface area contributed by atoms with Gasteiger partial charge in [-0.2, -0.15) is 0 Å². The number of hydrogen-bond donors (Lipinski definition) is 1. The summed E-state index contributed by atoms with van der Waals surface area (Å²) in [6.45, 7) is 3.05. The van der Waals surface area contributed by atoms with Gasteiger partial charge in [-0.15, -0.1) is 11.6 Å². The molecule has 0 aromatic rings. The first-order valence-electron chi connectivity index (χ1n) is 5.16. The maximum Gasteiger partial charge on any atom is 0.246 e. The van der Waals surface area contributed by atoms with Crippen LogP contribution < -0.4 is 5.32 Å². The van der Waals surface area contributed by atoms with Crippen molar-refractivity contribution in [1.82, 2.24) is 5.32 Å². The van der Waals surface area contributed by atoms with Gasteiger partial charge in [-0.05, 0) is 12.8 Å². The molecule has 15 heavy (non-hydrogen) atoms. The Morgan fingerprint density at radius 1 is 1.47 bits per heavy atom. The number of hydrogen-bond acceptors (Lipinski definition) is 3. The molecule has 0 aliphatic carbocycles. The van der Waals surface area contributed by atoms with Crippen LogP contribution in [0.1, 0.15) is 19.8 Å². The van der Waals surface area contributed by atoms with E-state index in [4.69, 9.17) is 21.1 Å². The van der Waals surface area contributed by atoms with Crippen molar-refractivity contribution in [3.63, 3.8) is 0 Å². The zero-order valence-corrected chi connectivity index (χ0v) is 10.2. The molecule has 1 amide bonds. The molecular weight excluding hydrogens is 218 g/mol. The predicted octanol–water partition coefficient (Wildman–Crippen LogP) is 1.17. The highest BCUT2D eigenvalue weighted by Gasteiger charge is 2.09. The van der Waals surface area contributed by atoms with Gasteiger partial charge < -0.3 is 14.8 Å². The number of carbonyl (C=O) groups is 1. The fourth-order valence-electron chi connectivity index (χ4n) is 1.09. The molecule has 0 aromatic carbocycles. The first kappa shape index (κ1) is 14.7. The number of alkyl halides is 1. The number of carbonyl (C=O) groups excluding carboxylic acids is 1. The van der Waals surface area contributed by atoms with E-state index in [9.17, 15) is 4.79 Å². The van der Waals surface area contributed by atoms with Crippen LogP contribution in [0.2, 0.25) is 0 Å². The monoisotopic (exact) mass is 237 g/mol. The van der Waals surface area contributed by atoms with Crippen LogP contribution in [0.5, 0.6) is 0 Å². The highest BCUT2D eigenvalue weighted by Crippen LogP contribution is 1.98. The minimum absolute atomic E-state index is 0.0855. The Morgan fingerprint density at radius 2 is 2.20 bits per heavy atom. The zero-order chi connectivity index (χ0) is 11.5. The van der Waals surface area contributed by atoms with E-state index in [1.54, 1.807) is 7.11 Å². The lowest BCUT2D eigenvalue weighted by molar-refractivity contribution is -0.126. The van der Waals surface area contributed by atoms with Gasteiger partial charge in [0.25, 0.3) is 0 Å². The van der Waals surface area contributed by atoms with Crippen LogP contribution in [0.15, 0.2) is 0 Å². The molecule has 0 aromatic heterocycles. The fourth-order valence-corrected chi connectivity index (χ4v) is 1.35. The largest absolute Gasteiger partial charge is 0.382 e. The molecule has 0 bridgehead atoms. The quantitative estimate of drug-likeness (QED) is 0.484. The summed E-state index contributed by atoms with van der Waals surface area (Å²) in [5, 5.41) is 2.86. The molecule has 0 heterocycles. The summed E-state index contributed by atoms with van der Waals surface area (Å²) in [6.07, 6.45) is 1.68. The number of amides is 1. The van der Waals surface area contributed by atoms with Crippen molar-refractivity contribution in [3.05, 3.63) is 0 Å².